The molecule has 1 aliphatic carbocycles. The summed E-state index contributed by atoms with van der Waals surface area (Å²) in [4.78, 5) is 35.5. The quantitative estimate of drug-likeness (QED) is 0.412. The number of carbonyl (C=O) groups excluding carboxylic acids is 2. The van der Waals surface area contributed by atoms with Gasteiger partial charge in [-0.1, -0.05) is 5.21 Å². The van der Waals surface area contributed by atoms with E-state index >= 15 is 0 Å². The number of fused-ring (bicyclic) bond motifs is 2. The number of rotatable bonds is 2. The molecule has 0 radical (unpaired) electrons. The molecule has 2 aromatic heterocycles. The molecule has 1 aromatic carbocycles. The summed E-state index contributed by atoms with van der Waals surface area (Å²) in [5.74, 6) is -0.669. The first-order valence-electron chi connectivity index (χ1n) is 6.45. The summed E-state index contributed by atoms with van der Waals surface area (Å²) in [6.07, 6.45) is 0. The van der Waals surface area contributed by atoms with E-state index in [9.17, 15) is 19.7 Å². The molecule has 0 spiro atoms. The Morgan fingerprint density at radius 1 is 1.09 bits per heavy atom. The summed E-state index contributed by atoms with van der Waals surface area (Å²) in [5.41, 5.74) is 0.755. The molecule has 1 aliphatic rings. The zero-order valence-corrected chi connectivity index (χ0v) is 12.1. The molecule has 0 unspecified atom stereocenters. The van der Waals surface area contributed by atoms with E-state index in [0.29, 0.717) is 16.1 Å². The zero-order valence-electron chi connectivity index (χ0n) is 11.3. The van der Waals surface area contributed by atoms with Crippen LogP contribution < -0.4 is 0 Å². The number of nitrogens with zero attached hydrogens (tertiary/aromatic N) is 4. The van der Waals surface area contributed by atoms with E-state index in [1.165, 1.54) is 40.3 Å². The summed E-state index contributed by atoms with van der Waals surface area (Å²) in [6, 6.07) is 7.10. The zero-order chi connectivity index (χ0) is 16.1. The molecule has 9 heteroatoms. The first-order valence-corrected chi connectivity index (χ1v) is 7.33. The van der Waals surface area contributed by atoms with E-state index in [4.69, 9.17) is 0 Å². The average Bonchev–Trinajstić information content (AvgIpc) is 3.20. The van der Waals surface area contributed by atoms with Crippen LogP contribution in [0.15, 0.2) is 35.7 Å². The topological polar surface area (TPSA) is 108 Å². The van der Waals surface area contributed by atoms with E-state index in [-0.39, 0.29) is 28.6 Å². The predicted molar refractivity (Wildman–Crippen MR) is 79.2 cm³/mol. The van der Waals surface area contributed by atoms with Crippen molar-refractivity contribution in [3.63, 3.8) is 0 Å². The minimum absolute atomic E-state index is 0.00306. The third kappa shape index (κ3) is 1.83. The van der Waals surface area contributed by atoms with Gasteiger partial charge in [-0.2, -0.15) is 0 Å². The average molecular weight is 326 g/mol. The summed E-state index contributed by atoms with van der Waals surface area (Å²) in [5, 5.41) is 20.1. The molecular weight excluding hydrogens is 320 g/mol. The lowest BCUT2D eigenvalue weighted by atomic mass is 9.97. The number of nitro benzene ring substituents is 1. The SMILES string of the molecule is O=C1c2nnn(-c3ccc([N+](=O)[O-])cc3)c2C(=O)c2ccsc21. The van der Waals surface area contributed by atoms with Crippen LogP contribution in [0, 0.1) is 10.1 Å². The van der Waals surface area contributed by atoms with Crippen molar-refractivity contribution in [2.45, 2.75) is 0 Å². The smallest absolute Gasteiger partial charge is 0.269 e. The van der Waals surface area contributed by atoms with Crippen molar-refractivity contribution in [1.82, 2.24) is 15.0 Å². The van der Waals surface area contributed by atoms with Crippen LogP contribution in [0.2, 0.25) is 0 Å². The fourth-order valence-corrected chi connectivity index (χ4v) is 3.27. The van der Waals surface area contributed by atoms with E-state index in [0.717, 1.165) is 0 Å². The highest BCUT2D eigenvalue weighted by molar-refractivity contribution is 7.12. The molecule has 0 saturated carbocycles. The van der Waals surface area contributed by atoms with Gasteiger partial charge in [0.05, 0.1) is 15.5 Å². The van der Waals surface area contributed by atoms with Gasteiger partial charge < -0.3 is 0 Å². The molecule has 0 aliphatic heterocycles. The van der Waals surface area contributed by atoms with Crippen LogP contribution >= 0.6 is 11.3 Å². The molecule has 2 heterocycles. The number of nitro groups is 1. The second-order valence-corrected chi connectivity index (χ2v) is 5.71. The molecule has 0 fully saturated rings. The second-order valence-electron chi connectivity index (χ2n) is 4.79. The maximum atomic E-state index is 12.6. The standard InChI is InChI=1S/C14H6N4O4S/c19-12-9-5-6-23-14(9)13(20)10-11(12)17(16-15-10)7-1-3-8(4-2-7)18(21)22/h1-6H. The molecule has 0 bridgehead atoms. The highest BCUT2D eigenvalue weighted by Gasteiger charge is 2.36. The van der Waals surface area contributed by atoms with Crippen molar-refractivity contribution >= 4 is 28.6 Å². The maximum Gasteiger partial charge on any atom is 0.269 e. The molecule has 0 saturated heterocycles. The Morgan fingerprint density at radius 2 is 1.83 bits per heavy atom. The number of carbonyl (C=O) groups is 2. The molecule has 0 atom stereocenters. The van der Waals surface area contributed by atoms with Gasteiger partial charge in [0.2, 0.25) is 11.6 Å². The van der Waals surface area contributed by atoms with E-state index < -0.39 is 4.92 Å². The van der Waals surface area contributed by atoms with Crippen LogP contribution in [0.5, 0.6) is 0 Å². The highest BCUT2D eigenvalue weighted by atomic mass is 32.1. The molecular formula is C14H6N4O4S. The summed E-state index contributed by atoms with van der Waals surface area (Å²) in [6.45, 7) is 0. The van der Waals surface area contributed by atoms with Gasteiger partial charge in [0.1, 0.15) is 5.69 Å². The van der Waals surface area contributed by atoms with Crippen molar-refractivity contribution in [1.29, 1.82) is 0 Å². The van der Waals surface area contributed by atoms with Crippen LogP contribution in [-0.2, 0) is 0 Å². The molecule has 3 aromatic rings. The number of aromatic nitrogens is 3. The lowest BCUT2D eigenvalue weighted by Gasteiger charge is -2.11. The number of benzene rings is 1. The van der Waals surface area contributed by atoms with Gasteiger partial charge >= 0.3 is 0 Å². The van der Waals surface area contributed by atoms with Crippen LogP contribution in [0.3, 0.4) is 0 Å². The Hall–Kier alpha value is -3.20. The van der Waals surface area contributed by atoms with E-state index in [2.05, 4.69) is 10.3 Å². The van der Waals surface area contributed by atoms with Crippen LogP contribution in [0.25, 0.3) is 5.69 Å². The fourth-order valence-electron chi connectivity index (χ4n) is 2.43. The van der Waals surface area contributed by atoms with Crippen LogP contribution in [0.1, 0.15) is 31.4 Å². The molecule has 0 amide bonds. The van der Waals surface area contributed by atoms with Gasteiger partial charge in [-0.25, -0.2) is 4.68 Å². The lowest BCUT2D eigenvalue weighted by molar-refractivity contribution is -0.384. The van der Waals surface area contributed by atoms with Crippen molar-refractivity contribution in [3.8, 4) is 5.69 Å². The minimum Gasteiger partial charge on any atom is -0.287 e. The predicted octanol–water partition coefficient (Wildman–Crippen LogP) is 2.01. The molecule has 0 N–H and O–H groups in total. The van der Waals surface area contributed by atoms with Gasteiger partial charge in [0.15, 0.2) is 5.69 Å². The summed E-state index contributed by atoms with van der Waals surface area (Å²) < 4.78 is 1.24. The number of hydrogen-bond donors (Lipinski definition) is 0. The number of thiophene rings is 1. The van der Waals surface area contributed by atoms with E-state index in [1.807, 2.05) is 0 Å². The molecule has 112 valence electrons. The Balaban J connectivity index is 1.87. The first kappa shape index (κ1) is 13.5. The third-order valence-corrected chi connectivity index (χ3v) is 4.43. The fraction of sp³-hybridized carbons (Fsp3) is 0. The van der Waals surface area contributed by atoms with Gasteiger partial charge in [-0.3, -0.25) is 19.7 Å². The van der Waals surface area contributed by atoms with Crippen molar-refractivity contribution in [2.24, 2.45) is 0 Å². The van der Waals surface area contributed by atoms with Gasteiger partial charge in [0, 0.05) is 17.7 Å². The third-order valence-electron chi connectivity index (χ3n) is 3.52. The van der Waals surface area contributed by atoms with Crippen molar-refractivity contribution < 1.29 is 14.5 Å². The van der Waals surface area contributed by atoms with E-state index in [1.54, 1.807) is 11.4 Å². The largest absolute Gasteiger partial charge is 0.287 e. The van der Waals surface area contributed by atoms with Gasteiger partial charge in [-0.05, 0) is 23.6 Å². The maximum absolute atomic E-state index is 12.6. The number of ketones is 2. The van der Waals surface area contributed by atoms with Gasteiger partial charge in [0.25, 0.3) is 5.69 Å². The first-order chi connectivity index (χ1) is 11.1. The summed E-state index contributed by atoms with van der Waals surface area (Å²) >= 11 is 1.19. The second kappa shape index (κ2) is 4.65. The Bertz CT molecular complexity index is 987. The molecule has 23 heavy (non-hydrogen) atoms. The minimum atomic E-state index is -0.521. The summed E-state index contributed by atoms with van der Waals surface area (Å²) in [7, 11) is 0. The van der Waals surface area contributed by atoms with Crippen molar-refractivity contribution in [3.05, 3.63) is 67.7 Å². The Labute approximate surface area is 132 Å². The normalized spacial score (nSPS) is 12.9. The molecule has 8 nitrogen and oxygen atoms in total. The Morgan fingerprint density at radius 3 is 2.52 bits per heavy atom. The number of hydrogen-bond acceptors (Lipinski definition) is 7. The Kier molecular flexibility index (Phi) is 2.72. The molecule has 4 rings (SSSR count). The van der Waals surface area contributed by atoms with Crippen LogP contribution in [-0.4, -0.2) is 31.5 Å². The number of non-ortho nitro benzene ring substituents is 1. The monoisotopic (exact) mass is 326 g/mol. The van der Waals surface area contributed by atoms with Crippen molar-refractivity contribution in [2.75, 3.05) is 0 Å². The highest BCUT2D eigenvalue weighted by Crippen LogP contribution is 2.30. The lowest BCUT2D eigenvalue weighted by Crippen LogP contribution is -2.21. The van der Waals surface area contributed by atoms with Crippen LogP contribution in [0.4, 0.5) is 5.69 Å². The van der Waals surface area contributed by atoms with Gasteiger partial charge in [-0.15, -0.1) is 16.4 Å².